The minimum atomic E-state index is -0.370. The second kappa shape index (κ2) is 8.45. The van der Waals surface area contributed by atoms with Crippen molar-refractivity contribution in [2.45, 2.75) is 43.0 Å². The number of nitriles is 1. The van der Waals surface area contributed by atoms with E-state index in [9.17, 15) is 5.26 Å². The van der Waals surface area contributed by atoms with E-state index in [2.05, 4.69) is 28.5 Å². The fraction of sp³-hybridized carbons (Fsp3) is 0.769. The standard InChI is InChI=1S/C13H23N5S2/c1-5-13(10-14,15-6-2)8-7-9-19-12-17-16-11(20-12)18(3)4/h15H,5-9H2,1-4H3. The third-order valence-corrected chi connectivity index (χ3v) is 5.40. The molecule has 112 valence electrons. The van der Waals surface area contributed by atoms with Crippen LogP contribution in [0.4, 0.5) is 5.13 Å². The van der Waals surface area contributed by atoms with Crippen molar-refractivity contribution in [3.8, 4) is 6.07 Å². The van der Waals surface area contributed by atoms with Crippen molar-refractivity contribution in [2.24, 2.45) is 0 Å². The van der Waals surface area contributed by atoms with Gasteiger partial charge < -0.3 is 4.90 Å². The Morgan fingerprint density at radius 1 is 1.40 bits per heavy atom. The first-order chi connectivity index (χ1) is 9.56. The van der Waals surface area contributed by atoms with Crippen LogP contribution in [0.1, 0.15) is 33.1 Å². The number of nitrogens with one attached hydrogen (secondary N) is 1. The molecule has 1 unspecified atom stereocenters. The summed E-state index contributed by atoms with van der Waals surface area (Å²) in [5.41, 5.74) is -0.370. The van der Waals surface area contributed by atoms with E-state index in [1.54, 1.807) is 23.1 Å². The van der Waals surface area contributed by atoms with E-state index in [0.717, 1.165) is 41.0 Å². The quantitative estimate of drug-likeness (QED) is 0.558. The first-order valence-corrected chi connectivity index (χ1v) is 8.67. The highest BCUT2D eigenvalue weighted by Gasteiger charge is 2.25. The minimum Gasteiger partial charge on any atom is -0.353 e. The van der Waals surface area contributed by atoms with Crippen LogP contribution >= 0.6 is 23.1 Å². The summed E-state index contributed by atoms with van der Waals surface area (Å²) in [6, 6.07) is 2.43. The molecule has 0 aromatic carbocycles. The maximum absolute atomic E-state index is 9.34. The number of nitrogens with zero attached hydrogens (tertiary/aromatic N) is 4. The van der Waals surface area contributed by atoms with E-state index < -0.39 is 0 Å². The summed E-state index contributed by atoms with van der Waals surface area (Å²) in [7, 11) is 3.93. The molecule has 1 aromatic rings. The fourth-order valence-corrected chi connectivity index (χ4v) is 3.65. The molecule has 1 aromatic heterocycles. The Morgan fingerprint density at radius 2 is 2.15 bits per heavy atom. The fourth-order valence-electron chi connectivity index (χ4n) is 1.88. The van der Waals surface area contributed by atoms with Crippen molar-refractivity contribution < 1.29 is 0 Å². The summed E-state index contributed by atoms with van der Waals surface area (Å²) in [5.74, 6) is 0.969. The molecule has 5 nitrogen and oxygen atoms in total. The third-order valence-electron chi connectivity index (χ3n) is 3.08. The molecule has 0 saturated carbocycles. The van der Waals surface area contributed by atoms with Crippen molar-refractivity contribution >= 4 is 28.2 Å². The van der Waals surface area contributed by atoms with Crippen molar-refractivity contribution in [3.63, 3.8) is 0 Å². The van der Waals surface area contributed by atoms with Gasteiger partial charge in [0, 0.05) is 19.8 Å². The van der Waals surface area contributed by atoms with Gasteiger partial charge >= 0.3 is 0 Å². The summed E-state index contributed by atoms with van der Waals surface area (Å²) in [5, 5.41) is 21.9. The highest BCUT2D eigenvalue weighted by Crippen LogP contribution is 2.28. The number of thioether (sulfide) groups is 1. The average Bonchev–Trinajstić information content (AvgIpc) is 2.91. The highest BCUT2D eigenvalue weighted by atomic mass is 32.2. The predicted molar refractivity (Wildman–Crippen MR) is 86.5 cm³/mol. The van der Waals surface area contributed by atoms with Gasteiger partial charge in [-0.1, -0.05) is 36.9 Å². The first kappa shape index (κ1) is 17.2. The van der Waals surface area contributed by atoms with Gasteiger partial charge in [-0.3, -0.25) is 5.32 Å². The summed E-state index contributed by atoms with van der Waals surface area (Å²) in [4.78, 5) is 1.96. The lowest BCUT2D eigenvalue weighted by molar-refractivity contribution is 0.379. The molecule has 1 heterocycles. The van der Waals surface area contributed by atoms with Gasteiger partial charge in [0.1, 0.15) is 5.54 Å². The molecular weight excluding hydrogens is 290 g/mol. The Bertz CT molecular complexity index is 440. The van der Waals surface area contributed by atoms with E-state index in [4.69, 9.17) is 0 Å². The Labute approximate surface area is 129 Å². The topological polar surface area (TPSA) is 64.8 Å². The van der Waals surface area contributed by atoms with Gasteiger partial charge in [-0.2, -0.15) is 5.26 Å². The van der Waals surface area contributed by atoms with Gasteiger partial charge in [-0.15, -0.1) is 10.2 Å². The van der Waals surface area contributed by atoms with Crippen LogP contribution in [-0.2, 0) is 0 Å². The van der Waals surface area contributed by atoms with E-state index >= 15 is 0 Å². The predicted octanol–water partition coefficient (Wildman–Crippen LogP) is 2.76. The van der Waals surface area contributed by atoms with Crippen LogP contribution in [0.2, 0.25) is 0 Å². The monoisotopic (exact) mass is 313 g/mol. The van der Waals surface area contributed by atoms with E-state index in [0.29, 0.717) is 0 Å². The smallest absolute Gasteiger partial charge is 0.208 e. The molecule has 0 aliphatic rings. The molecule has 0 aliphatic heterocycles. The van der Waals surface area contributed by atoms with Crippen molar-refractivity contribution in [1.82, 2.24) is 15.5 Å². The second-order valence-electron chi connectivity index (χ2n) is 4.77. The van der Waals surface area contributed by atoms with Crippen molar-refractivity contribution in [2.75, 3.05) is 31.3 Å². The minimum absolute atomic E-state index is 0.370. The number of aromatic nitrogens is 2. The molecule has 0 radical (unpaired) electrons. The summed E-state index contributed by atoms with van der Waals surface area (Å²) in [6.07, 6.45) is 2.71. The lowest BCUT2D eigenvalue weighted by Gasteiger charge is -2.25. The molecule has 0 saturated heterocycles. The number of anilines is 1. The summed E-state index contributed by atoms with van der Waals surface area (Å²) >= 11 is 3.33. The van der Waals surface area contributed by atoms with Crippen LogP contribution in [0.25, 0.3) is 0 Å². The van der Waals surface area contributed by atoms with E-state index in [1.165, 1.54) is 0 Å². The molecule has 1 rings (SSSR count). The SMILES string of the molecule is CCNC(C#N)(CC)CCCSc1nnc(N(C)C)s1. The van der Waals surface area contributed by atoms with Crippen LogP contribution in [0, 0.1) is 11.3 Å². The van der Waals surface area contributed by atoms with Gasteiger partial charge in [0.25, 0.3) is 0 Å². The molecule has 1 N–H and O–H groups in total. The van der Waals surface area contributed by atoms with Crippen LogP contribution in [0.3, 0.4) is 0 Å². The van der Waals surface area contributed by atoms with Crippen LogP contribution in [0.5, 0.6) is 0 Å². The zero-order valence-electron chi connectivity index (χ0n) is 12.6. The molecule has 20 heavy (non-hydrogen) atoms. The van der Waals surface area contributed by atoms with Gasteiger partial charge in [0.2, 0.25) is 5.13 Å². The second-order valence-corrected chi connectivity index (χ2v) is 7.07. The Balaban J connectivity index is 2.38. The van der Waals surface area contributed by atoms with Crippen LogP contribution < -0.4 is 10.2 Å². The molecule has 0 spiro atoms. The maximum atomic E-state index is 9.34. The lowest BCUT2D eigenvalue weighted by Crippen LogP contribution is -2.43. The molecule has 0 bridgehead atoms. The van der Waals surface area contributed by atoms with Crippen LogP contribution in [-0.4, -0.2) is 42.1 Å². The molecular formula is C13H23N5S2. The number of rotatable bonds is 9. The molecule has 7 heteroatoms. The van der Waals surface area contributed by atoms with Crippen LogP contribution in [0.15, 0.2) is 4.34 Å². The Morgan fingerprint density at radius 3 is 2.65 bits per heavy atom. The number of hydrogen-bond donors (Lipinski definition) is 1. The van der Waals surface area contributed by atoms with E-state index in [-0.39, 0.29) is 5.54 Å². The zero-order valence-corrected chi connectivity index (χ0v) is 14.3. The largest absolute Gasteiger partial charge is 0.353 e. The Kier molecular flexibility index (Phi) is 7.27. The highest BCUT2D eigenvalue weighted by molar-refractivity contribution is 8.01. The zero-order chi connectivity index (χ0) is 15.0. The average molecular weight is 313 g/mol. The Hall–Kier alpha value is -0.840. The molecule has 0 fully saturated rings. The van der Waals surface area contributed by atoms with E-state index in [1.807, 2.05) is 25.9 Å². The first-order valence-electron chi connectivity index (χ1n) is 6.86. The molecule has 0 amide bonds. The third kappa shape index (κ3) is 4.93. The van der Waals surface area contributed by atoms with Crippen molar-refractivity contribution in [3.05, 3.63) is 0 Å². The van der Waals surface area contributed by atoms with Gasteiger partial charge in [-0.05, 0) is 25.8 Å². The number of hydrogen-bond acceptors (Lipinski definition) is 7. The van der Waals surface area contributed by atoms with Gasteiger partial charge in [0.05, 0.1) is 6.07 Å². The molecule has 1 atom stereocenters. The summed E-state index contributed by atoms with van der Waals surface area (Å²) < 4.78 is 0.996. The lowest BCUT2D eigenvalue weighted by atomic mass is 9.92. The maximum Gasteiger partial charge on any atom is 0.208 e. The normalized spacial score (nSPS) is 13.8. The van der Waals surface area contributed by atoms with Gasteiger partial charge in [-0.25, -0.2) is 0 Å². The summed E-state index contributed by atoms with van der Waals surface area (Å²) in [6.45, 7) is 4.94. The van der Waals surface area contributed by atoms with Crippen molar-refractivity contribution in [1.29, 1.82) is 5.26 Å². The van der Waals surface area contributed by atoms with Gasteiger partial charge in [0.15, 0.2) is 4.34 Å². The molecule has 0 aliphatic carbocycles.